The highest BCUT2D eigenvalue weighted by molar-refractivity contribution is 6.09. The summed E-state index contributed by atoms with van der Waals surface area (Å²) in [6.07, 6.45) is 2.28. The summed E-state index contributed by atoms with van der Waals surface area (Å²) >= 11 is 5.26. The van der Waals surface area contributed by atoms with E-state index in [1.54, 1.807) is 0 Å². The van der Waals surface area contributed by atoms with Gasteiger partial charge in [-0.3, -0.25) is 0 Å². The summed E-state index contributed by atoms with van der Waals surface area (Å²) in [7, 11) is 0. The van der Waals surface area contributed by atoms with Crippen molar-refractivity contribution in [2.45, 2.75) is 26.7 Å². The summed E-state index contributed by atoms with van der Waals surface area (Å²) < 4.78 is 4.65. The normalized spacial score (nSPS) is 9.92. The lowest BCUT2D eigenvalue weighted by Crippen LogP contribution is -1.86. The lowest BCUT2D eigenvalue weighted by molar-refractivity contribution is 0.612. The molecule has 0 atom stereocenters. The van der Waals surface area contributed by atoms with E-state index in [-0.39, 0.29) is 0 Å². The zero-order valence-corrected chi connectivity index (χ0v) is 8.19. The second kappa shape index (κ2) is 4.36. The maximum absolute atomic E-state index is 5.26. The van der Waals surface area contributed by atoms with E-state index in [9.17, 15) is 0 Å². The molecule has 0 aliphatic heterocycles. The van der Waals surface area contributed by atoms with E-state index in [1.165, 1.54) is 12.0 Å². The van der Waals surface area contributed by atoms with Crippen molar-refractivity contribution in [3.8, 4) is 5.75 Å². The maximum atomic E-state index is 5.26. The van der Waals surface area contributed by atoms with Gasteiger partial charge in [-0.05, 0) is 30.5 Å². The molecular formula is C10H13ClO. The Hall–Kier alpha value is -0.690. The topological polar surface area (TPSA) is 9.23 Å². The average Bonchev–Trinajstić information content (AvgIpc) is 2.05. The first-order valence-electron chi connectivity index (χ1n) is 4.16. The first-order chi connectivity index (χ1) is 5.77. The first-order valence-corrected chi connectivity index (χ1v) is 4.47. The van der Waals surface area contributed by atoms with E-state index < -0.39 is 0 Å². The van der Waals surface area contributed by atoms with Gasteiger partial charge in [0.1, 0.15) is 17.6 Å². The van der Waals surface area contributed by atoms with Crippen molar-refractivity contribution in [3.05, 3.63) is 29.3 Å². The van der Waals surface area contributed by atoms with Crippen molar-refractivity contribution >= 4 is 11.9 Å². The first kappa shape index (κ1) is 9.40. The minimum Gasteiger partial charge on any atom is -0.385 e. The van der Waals surface area contributed by atoms with Gasteiger partial charge in [-0.2, -0.15) is 0 Å². The fourth-order valence-corrected chi connectivity index (χ4v) is 1.42. The van der Waals surface area contributed by atoms with Crippen LogP contribution in [0.15, 0.2) is 18.2 Å². The van der Waals surface area contributed by atoms with E-state index in [0.717, 1.165) is 17.7 Å². The third-order valence-electron chi connectivity index (χ3n) is 1.86. The average molecular weight is 185 g/mol. The van der Waals surface area contributed by atoms with E-state index in [4.69, 9.17) is 11.9 Å². The van der Waals surface area contributed by atoms with Crippen LogP contribution in [0.2, 0.25) is 0 Å². The minimum atomic E-state index is 0.747. The molecule has 0 aliphatic carbocycles. The molecule has 1 rings (SSSR count). The molecule has 1 aromatic rings. The number of halogens is 1. The summed E-state index contributed by atoms with van der Waals surface area (Å²) in [5, 5.41) is 0. The maximum Gasteiger partial charge on any atom is 0.149 e. The van der Waals surface area contributed by atoms with E-state index in [0.29, 0.717) is 0 Å². The minimum absolute atomic E-state index is 0.747. The van der Waals surface area contributed by atoms with Gasteiger partial charge in [-0.25, -0.2) is 0 Å². The summed E-state index contributed by atoms with van der Waals surface area (Å²) in [6, 6.07) is 6.07. The molecule has 0 aromatic heterocycles. The van der Waals surface area contributed by atoms with Crippen molar-refractivity contribution in [1.29, 1.82) is 0 Å². The second-order valence-electron chi connectivity index (χ2n) is 2.93. The molecule has 2 heteroatoms. The second-order valence-corrected chi connectivity index (χ2v) is 3.08. The predicted molar refractivity (Wildman–Crippen MR) is 51.7 cm³/mol. The van der Waals surface area contributed by atoms with Gasteiger partial charge in [0.15, 0.2) is 0 Å². The van der Waals surface area contributed by atoms with Gasteiger partial charge < -0.3 is 4.29 Å². The van der Waals surface area contributed by atoms with Gasteiger partial charge in [-0.15, -0.1) is 0 Å². The monoisotopic (exact) mass is 184 g/mol. The van der Waals surface area contributed by atoms with Gasteiger partial charge in [0.25, 0.3) is 0 Å². The van der Waals surface area contributed by atoms with Crippen LogP contribution in [0.25, 0.3) is 0 Å². The van der Waals surface area contributed by atoms with E-state index in [2.05, 4.69) is 17.3 Å². The zero-order valence-electron chi connectivity index (χ0n) is 7.43. The van der Waals surface area contributed by atoms with Crippen LogP contribution in [0.5, 0.6) is 5.75 Å². The molecule has 12 heavy (non-hydrogen) atoms. The molecule has 0 spiro atoms. The zero-order chi connectivity index (χ0) is 8.97. The third-order valence-corrected chi connectivity index (χ3v) is 2.03. The summed E-state index contributed by atoms with van der Waals surface area (Å²) in [4.78, 5) is 0. The summed E-state index contributed by atoms with van der Waals surface area (Å²) in [5.41, 5.74) is 2.43. The Balaban J connectivity index is 2.86. The van der Waals surface area contributed by atoms with Crippen molar-refractivity contribution in [1.82, 2.24) is 0 Å². The number of hydrogen-bond donors (Lipinski definition) is 0. The molecule has 0 bridgehead atoms. The van der Waals surface area contributed by atoms with Crippen LogP contribution >= 0.6 is 11.9 Å². The van der Waals surface area contributed by atoms with Crippen LogP contribution in [-0.4, -0.2) is 0 Å². The predicted octanol–water partition coefficient (Wildman–Crippen LogP) is 3.48. The molecule has 0 saturated carbocycles. The molecule has 66 valence electrons. The Morgan fingerprint density at radius 1 is 1.42 bits per heavy atom. The Labute approximate surface area is 78.5 Å². The SMILES string of the molecule is CCCc1ccc(OCl)c(C)c1. The Morgan fingerprint density at radius 2 is 2.17 bits per heavy atom. The lowest BCUT2D eigenvalue weighted by atomic mass is 10.1. The smallest absolute Gasteiger partial charge is 0.149 e. The Kier molecular flexibility index (Phi) is 3.42. The molecule has 0 fully saturated rings. The molecule has 0 amide bonds. The van der Waals surface area contributed by atoms with Crippen LogP contribution in [-0.2, 0) is 6.42 Å². The standard InChI is InChI=1S/C10H13ClO/c1-3-4-9-5-6-10(12-11)8(2)7-9/h5-7H,3-4H2,1-2H3. The highest BCUT2D eigenvalue weighted by Gasteiger charge is 1.99. The van der Waals surface area contributed by atoms with E-state index in [1.807, 2.05) is 19.1 Å². The highest BCUT2D eigenvalue weighted by Crippen LogP contribution is 2.20. The van der Waals surface area contributed by atoms with Crippen LogP contribution in [0.3, 0.4) is 0 Å². The van der Waals surface area contributed by atoms with Gasteiger partial charge in [0.05, 0.1) is 0 Å². The van der Waals surface area contributed by atoms with Crippen molar-refractivity contribution in [2.24, 2.45) is 0 Å². The van der Waals surface area contributed by atoms with Crippen LogP contribution < -0.4 is 4.29 Å². The number of rotatable bonds is 3. The quantitative estimate of drug-likeness (QED) is 0.699. The van der Waals surface area contributed by atoms with Gasteiger partial charge in [0.2, 0.25) is 0 Å². The van der Waals surface area contributed by atoms with E-state index >= 15 is 0 Å². The molecule has 0 aliphatic rings. The van der Waals surface area contributed by atoms with Gasteiger partial charge in [-0.1, -0.05) is 25.5 Å². The Morgan fingerprint density at radius 3 is 2.67 bits per heavy atom. The largest absolute Gasteiger partial charge is 0.385 e. The number of hydrogen-bond acceptors (Lipinski definition) is 1. The molecular weight excluding hydrogens is 172 g/mol. The fraction of sp³-hybridized carbons (Fsp3) is 0.400. The fourth-order valence-electron chi connectivity index (χ4n) is 1.24. The number of aryl methyl sites for hydroxylation is 2. The summed E-state index contributed by atoms with van der Waals surface area (Å²) in [5.74, 6) is 0.747. The molecule has 1 nitrogen and oxygen atoms in total. The van der Waals surface area contributed by atoms with Crippen molar-refractivity contribution in [3.63, 3.8) is 0 Å². The third kappa shape index (κ3) is 2.15. The van der Waals surface area contributed by atoms with Crippen molar-refractivity contribution < 1.29 is 4.29 Å². The Bertz CT molecular complexity index is 258. The molecule has 1 aromatic carbocycles. The van der Waals surface area contributed by atoms with Crippen LogP contribution in [0.1, 0.15) is 24.5 Å². The van der Waals surface area contributed by atoms with Gasteiger partial charge >= 0.3 is 0 Å². The molecule has 0 radical (unpaired) electrons. The van der Waals surface area contributed by atoms with Crippen LogP contribution in [0.4, 0.5) is 0 Å². The number of benzene rings is 1. The van der Waals surface area contributed by atoms with Crippen LogP contribution in [0, 0.1) is 6.92 Å². The molecule has 0 unspecified atom stereocenters. The molecule has 0 N–H and O–H groups in total. The van der Waals surface area contributed by atoms with Crippen molar-refractivity contribution in [2.75, 3.05) is 0 Å². The highest BCUT2D eigenvalue weighted by atomic mass is 35.5. The molecule has 0 heterocycles. The lowest BCUT2D eigenvalue weighted by Gasteiger charge is -2.03. The summed E-state index contributed by atoms with van der Waals surface area (Å²) in [6.45, 7) is 4.16. The molecule has 0 saturated heterocycles. The van der Waals surface area contributed by atoms with Gasteiger partial charge in [0, 0.05) is 0 Å².